The van der Waals surface area contributed by atoms with Gasteiger partial charge in [0.1, 0.15) is 0 Å². The highest BCUT2D eigenvalue weighted by Crippen LogP contribution is 2.21. The lowest BCUT2D eigenvalue weighted by Crippen LogP contribution is -2.15. The standard InChI is InChI=1S/C10H15N5O3S/c1-6-8(5-16)10(12-11-6)19(17,18)14-9-4-15(3)13-7(9)2/h4,14,16H,5H2,1-3H3,(H,11,12). The molecule has 0 amide bonds. The summed E-state index contributed by atoms with van der Waals surface area (Å²) in [5.41, 5.74) is 1.72. The molecule has 0 atom stereocenters. The summed E-state index contributed by atoms with van der Waals surface area (Å²) >= 11 is 0. The van der Waals surface area contributed by atoms with Gasteiger partial charge in [0.25, 0.3) is 10.0 Å². The molecule has 19 heavy (non-hydrogen) atoms. The minimum Gasteiger partial charge on any atom is -0.392 e. The summed E-state index contributed by atoms with van der Waals surface area (Å²) in [5, 5.41) is 19.3. The largest absolute Gasteiger partial charge is 0.392 e. The van der Waals surface area contributed by atoms with Gasteiger partial charge >= 0.3 is 0 Å². The predicted molar refractivity (Wildman–Crippen MR) is 68.0 cm³/mol. The number of aryl methyl sites for hydroxylation is 3. The van der Waals surface area contributed by atoms with Gasteiger partial charge in [0.05, 0.1) is 18.0 Å². The number of aliphatic hydroxyl groups is 1. The third kappa shape index (κ3) is 2.47. The second-order valence-electron chi connectivity index (χ2n) is 4.20. The van der Waals surface area contributed by atoms with E-state index in [-0.39, 0.29) is 10.6 Å². The normalized spacial score (nSPS) is 11.8. The van der Waals surface area contributed by atoms with Gasteiger partial charge < -0.3 is 5.11 Å². The highest BCUT2D eigenvalue weighted by atomic mass is 32.2. The number of aromatic nitrogens is 4. The van der Waals surface area contributed by atoms with E-state index in [1.54, 1.807) is 27.1 Å². The minimum absolute atomic E-state index is 0.198. The van der Waals surface area contributed by atoms with Crippen LogP contribution in [0.2, 0.25) is 0 Å². The maximum atomic E-state index is 12.2. The summed E-state index contributed by atoms with van der Waals surface area (Å²) in [4.78, 5) is 0. The topological polar surface area (TPSA) is 113 Å². The van der Waals surface area contributed by atoms with E-state index >= 15 is 0 Å². The third-order valence-electron chi connectivity index (χ3n) is 2.71. The van der Waals surface area contributed by atoms with Crippen LogP contribution < -0.4 is 4.72 Å². The predicted octanol–water partition coefficient (Wildman–Crippen LogP) is 0.0531. The molecule has 2 aromatic rings. The second-order valence-corrected chi connectivity index (χ2v) is 5.80. The fourth-order valence-corrected chi connectivity index (χ4v) is 3.03. The maximum absolute atomic E-state index is 12.2. The number of nitrogens with zero attached hydrogens (tertiary/aromatic N) is 3. The van der Waals surface area contributed by atoms with Gasteiger partial charge in [0.15, 0.2) is 0 Å². The highest BCUT2D eigenvalue weighted by Gasteiger charge is 2.24. The van der Waals surface area contributed by atoms with Crippen molar-refractivity contribution in [3.63, 3.8) is 0 Å². The molecule has 0 bridgehead atoms. The van der Waals surface area contributed by atoms with Crippen molar-refractivity contribution in [1.29, 1.82) is 0 Å². The third-order valence-corrected chi connectivity index (χ3v) is 4.04. The zero-order chi connectivity index (χ0) is 14.2. The van der Waals surface area contributed by atoms with Gasteiger partial charge in [0.2, 0.25) is 5.03 Å². The van der Waals surface area contributed by atoms with Crippen molar-refractivity contribution >= 4 is 15.7 Å². The van der Waals surface area contributed by atoms with Crippen LogP contribution in [0.3, 0.4) is 0 Å². The fraction of sp³-hybridized carbons (Fsp3) is 0.400. The Hall–Kier alpha value is -1.87. The van der Waals surface area contributed by atoms with Crippen LogP contribution >= 0.6 is 0 Å². The summed E-state index contributed by atoms with van der Waals surface area (Å²) in [6, 6.07) is 0. The number of rotatable bonds is 4. The van der Waals surface area contributed by atoms with E-state index < -0.39 is 16.6 Å². The Balaban J connectivity index is 2.40. The molecule has 0 aliphatic carbocycles. The quantitative estimate of drug-likeness (QED) is 0.735. The first-order chi connectivity index (χ1) is 8.85. The molecule has 2 heterocycles. The molecule has 0 aromatic carbocycles. The SMILES string of the molecule is Cc1nn(C)cc1NS(=O)(=O)c1n[nH]c(C)c1CO. The molecule has 0 aliphatic heterocycles. The lowest BCUT2D eigenvalue weighted by atomic mass is 10.3. The average Bonchev–Trinajstić information content (AvgIpc) is 2.82. The molecule has 0 aliphatic rings. The van der Waals surface area contributed by atoms with E-state index in [4.69, 9.17) is 0 Å². The van der Waals surface area contributed by atoms with E-state index in [2.05, 4.69) is 20.0 Å². The van der Waals surface area contributed by atoms with Gasteiger partial charge in [-0.1, -0.05) is 0 Å². The molecule has 0 unspecified atom stereocenters. The lowest BCUT2D eigenvalue weighted by Gasteiger charge is -2.05. The molecular weight excluding hydrogens is 270 g/mol. The molecule has 0 saturated carbocycles. The zero-order valence-corrected chi connectivity index (χ0v) is 11.6. The molecule has 0 saturated heterocycles. The number of sulfonamides is 1. The van der Waals surface area contributed by atoms with Crippen LogP contribution in [0, 0.1) is 13.8 Å². The van der Waals surface area contributed by atoms with Crippen LogP contribution in [0.15, 0.2) is 11.2 Å². The van der Waals surface area contributed by atoms with Gasteiger partial charge in [0, 0.05) is 24.5 Å². The number of hydrogen-bond donors (Lipinski definition) is 3. The van der Waals surface area contributed by atoms with E-state index in [0.717, 1.165) is 0 Å². The van der Waals surface area contributed by atoms with Crippen molar-refractivity contribution in [2.75, 3.05) is 4.72 Å². The number of aromatic amines is 1. The number of hydrogen-bond acceptors (Lipinski definition) is 5. The minimum atomic E-state index is -3.85. The van der Waals surface area contributed by atoms with E-state index in [9.17, 15) is 13.5 Å². The number of aliphatic hydroxyl groups excluding tert-OH is 1. The Morgan fingerprint density at radius 1 is 1.47 bits per heavy atom. The smallest absolute Gasteiger partial charge is 0.281 e. The molecule has 9 heteroatoms. The Morgan fingerprint density at radius 2 is 2.16 bits per heavy atom. The van der Waals surface area contributed by atoms with Crippen LogP contribution in [0.1, 0.15) is 17.0 Å². The second kappa shape index (κ2) is 4.67. The van der Waals surface area contributed by atoms with Crippen LogP contribution in [-0.4, -0.2) is 33.5 Å². The van der Waals surface area contributed by atoms with Gasteiger partial charge in [-0.2, -0.15) is 18.6 Å². The Labute approximate surface area is 110 Å². The molecule has 8 nitrogen and oxygen atoms in total. The molecule has 0 radical (unpaired) electrons. The Kier molecular flexibility index (Phi) is 3.33. The zero-order valence-electron chi connectivity index (χ0n) is 10.8. The summed E-state index contributed by atoms with van der Waals surface area (Å²) in [5.74, 6) is 0. The average molecular weight is 285 g/mol. The number of H-pyrrole nitrogens is 1. The molecule has 0 spiro atoms. The summed E-state index contributed by atoms with van der Waals surface area (Å²) in [7, 11) is -2.15. The molecular formula is C10H15N5O3S. The van der Waals surface area contributed by atoms with E-state index in [1.165, 1.54) is 4.68 Å². The molecule has 2 rings (SSSR count). The van der Waals surface area contributed by atoms with Crippen molar-refractivity contribution < 1.29 is 13.5 Å². The van der Waals surface area contributed by atoms with Crippen molar-refractivity contribution in [2.24, 2.45) is 7.05 Å². The van der Waals surface area contributed by atoms with Crippen molar-refractivity contribution in [2.45, 2.75) is 25.5 Å². The molecule has 3 N–H and O–H groups in total. The van der Waals surface area contributed by atoms with Gasteiger partial charge in [-0.25, -0.2) is 0 Å². The molecule has 0 fully saturated rings. The first-order valence-electron chi connectivity index (χ1n) is 5.53. The Morgan fingerprint density at radius 3 is 2.68 bits per heavy atom. The van der Waals surface area contributed by atoms with Crippen molar-refractivity contribution in [3.05, 3.63) is 23.1 Å². The fourth-order valence-electron chi connectivity index (χ4n) is 1.73. The van der Waals surface area contributed by atoms with Crippen molar-refractivity contribution in [3.8, 4) is 0 Å². The van der Waals surface area contributed by atoms with Crippen LogP contribution in [-0.2, 0) is 23.7 Å². The van der Waals surface area contributed by atoms with Gasteiger partial charge in [-0.15, -0.1) is 0 Å². The number of anilines is 1. The monoisotopic (exact) mass is 285 g/mol. The lowest BCUT2D eigenvalue weighted by molar-refractivity contribution is 0.277. The van der Waals surface area contributed by atoms with E-state index in [0.29, 0.717) is 17.1 Å². The van der Waals surface area contributed by atoms with Crippen LogP contribution in [0.5, 0.6) is 0 Å². The van der Waals surface area contributed by atoms with E-state index in [1.807, 2.05) is 0 Å². The van der Waals surface area contributed by atoms with Gasteiger partial charge in [-0.3, -0.25) is 14.5 Å². The highest BCUT2D eigenvalue weighted by molar-refractivity contribution is 7.92. The molecule has 2 aromatic heterocycles. The van der Waals surface area contributed by atoms with Crippen LogP contribution in [0.25, 0.3) is 0 Å². The van der Waals surface area contributed by atoms with Gasteiger partial charge in [-0.05, 0) is 13.8 Å². The maximum Gasteiger partial charge on any atom is 0.281 e. The number of nitrogens with one attached hydrogen (secondary N) is 2. The summed E-state index contributed by atoms with van der Waals surface area (Å²) in [6.07, 6.45) is 1.56. The first-order valence-corrected chi connectivity index (χ1v) is 7.01. The van der Waals surface area contributed by atoms with Crippen molar-refractivity contribution in [1.82, 2.24) is 20.0 Å². The van der Waals surface area contributed by atoms with Crippen LogP contribution in [0.4, 0.5) is 5.69 Å². The molecule has 104 valence electrons. The first kappa shape index (κ1) is 13.6. The summed E-state index contributed by atoms with van der Waals surface area (Å²) < 4.78 is 28.3. The Bertz CT molecular complexity index is 701. The summed E-state index contributed by atoms with van der Waals surface area (Å²) in [6.45, 7) is 2.94.